The molecule has 1 N–H and O–H groups in total. The highest BCUT2D eigenvalue weighted by Crippen LogP contribution is 2.20. The Labute approximate surface area is 162 Å². The van der Waals surface area contributed by atoms with Gasteiger partial charge in [-0.15, -0.1) is 11.8 Å². The van der Waals surface area contributed by atoms with E-state index in [0.29, 0.717) is 12.3 Å². The Morgan fingerprint density at radius 1 is 1.19 bits per heavy atom. The number of carbonyl (C=O) groups is 1. The fourth-order valence-corrected chi connectivity index (χ4v) is 3.69. The highest BCUT2D eigenvalue weighted by molar-refractivity contribution is 7.99. The predicted molar refractivity (Wildman–Crippen MR) is 108 cm³/mol. The third-order valence-corrected chi connectivity index (χ3v) is 5.33. The van der Waals surface area contributed by atoms with Crippen molar-refractivity contribution >= 4 is 29.3 Å². The fourth-order valence-electron chi connectivity index (χ4n) is 2.55. The van der Waals surface area contributed by atoms with Crippen LogP contribution in [0.1, 0.15) is 17.0 Å². The summed E-state index contributed by atoms with van der Waals surface area (Å²) in [5.74, 6) is 2.11. The van der Waals surface area contributed by atoms with E-state index >= 15 is 0 Å². The van der Waals surface area contributed by atoms with Gasteiger partial charge < -0.3 is 9.88 Å². The average molecular weight is 386 g/mol. The molecule has 0 aliphatic heterocycles. The third kappa shape index (κ3) is 4.90. The molecule has 6 heteroatoms. The molecule has 1 aromatic heterocycles. The van der Waals surface area contributed by atoms with Crippen molar-refractivity contribution in [3.05, 3.63) is 82.9 Å². The number of nitrogens with zero attached hydrogens (tertiary/aromatic N) is 2. The minimum atomic E-state index is 0.0246. The molecular weight excluding hydrogens is 366 g/mol. The van der Waals surface area contributed by atoms with Gasteiger partial charge in [0.25, 0.3) is 0 Å². The van der Waals surface area contributed by atoms with Crippen LogP contribution in [0, 0.1) is 6.92 Å². The van der Waals surface area contributed by atoms with Crippen LogP contribution in [0.15, 0.2) is 60.9 Å². The minimum Gasteiger partial charge on any atom is -0.351 e. The van der Waals surface area contributed by atoms with Gasteiger partial charge in [0.05, 0.1) is 5.75 Å². The van der Waals surface area contributed by atoms with E-state index in [1.165, 1.54) is 0 Å². The Morgan fingerprint density at radius 3 is 2.65 bits per heavy atom. The fraction of sp³-hybridized carbons (Fsp3) is 0.200. The molecule has 1 heterocycles. The Morgan fingerprint density at radius 2 is 1.96 bits per heavy atom. The summed E-state index contributed by atoms with van der Waals surface area (Å²) in [5.41, 5.74) is 3.18. The minimum absolute atomic E-state index is 0.0246. The molecule has 26 heavy (non-hydrogen) atoms. The number of imidazole rings is 1. The lowest BCUT2D eigenvalue weighted by atomic mass is 10.2. The summed E-state index contributed by atoms with van der Waals surface area (Å²) in [5, 5.41) is 3.70. The van der Waals surface area contributed by atoms with E-state index in [0.717, 1.165) is 33.4 Å². The molecule has 0 bridgehead atoms. The van der Waals surface area contributed by atoms with Gasteiger partial charge in [0, 0.05) is 35.4 Å². The molecule has 0 aliphatic rings. The summed E-state index contributed by atoms with van der Waals surface area (Å²) in [4.78, 5) is 16.2. The Bertz CT molecular complexity index is 877. The Balaban J connectivity index is 1.44. The van der Waals surface area contributed by atoms with Crippen molar-refractivity contribution < 1.29 is 4.79 Å². The lowest BCUT2D eigenvalue weighted by Crippen LogP contribution is -2.24. The summed E-state index contributed by atoms with van der Waals surface area (Å²) >= 11 is 7.68. The maximum atomic E-state index is 12.0. The zero-order valence-corrected chi connectivity index (χ0v) is 16.1. The number of amides is 1. The van der Waals surface area contributed by atoms with Gasteiger partial charge in [-0.05, 0) is 36.2 Å². The number of benzene rings is 2. The first-order chi connectivity index (χ1) is 12.6. The van der Waals surface area contributed by atoms with Gasteiger partial charge in [-0.2, -0.15) is 0 Å². The normalized spacial score (nSPS) is 10.7. The summed E-state index contributed by atoms with van der Waals surface area (Å²) in [6, 6.07) is 15.8. The standard InChI is InChI=1S/C20H20ClN3OS/c1-15-22-10-11-24(15)18-8-6-16(7-9-18)12-23-20(25)14-26-13-17-4-2-3-5-19(17)21/h2-11H,12-14H2,1H3,(H,23,25). The lowest BCUT2D eigenvalue weighted by Gasteiger charge is -2.08. The molecule has 0 saturated carbocycles. The van der Waals surface area contributed by atoms with E-state index in [1.807, 2.05) is 66.2 Å². The van der Waals surface area contributed by atoms with Gasteiger partial charge in [-0.1, -0.05) is 41.9 Å². The number of carbonyl (C=O) groups excluding carboxylic acids is 1. The summed E-state index contributed by atoms with van der Waals surface area (Å²) in [6.45, 7) is 2.49. The van der Waals surface area contributed by atoms with Crippen molar-refractivity contribution in [1.29, 1.82) is 0 Å². The summed E-state index contributed by atoms with van der Waals surface area (Å²) in [7, 11) is 0. The van der Waals surface area contributed by atoms with Crippen LogP contribution in [0.3, 0.4) is 0 Å². The number of rotatable bonds is 7. The first kappa shape index (κ1) is 18.5. The molecule has 0 saturated heterocycles. The highest BCUT2D eigenvalue weighted by atomic mass is 35.5. The van der Waals surface area contributed by atoms with Crippen molar-refractivity contribution in [2.24, 2.45) is 0 Å². The smallest absolute Gasteiger partial charge is 0.230 e. The maximum absolute atomic E-state index is 12.0. The van der Waals surface area contributed by atoms with Gasteiger partial charge in [-0.25, -0.2) is 4.98 Å². The summed E-state index contributed by atoms with van der Waals surface area (Å²) < 4.78 is 2.02. The number of thioether (sulfide) groups is 1. The van der Waals surface area contributed by atoms with Crippen LogP contribution in [0.2, 0.25) is 5.02 Å². The third-order valence-electron chi connectivity index (χ3n) is 3.98. The van der Waals surface area contributed by atoms with Crippen LogP contribution in [-0.4, -0.2) is 21.2 Å². The highest BCUT2D eigenvalue weighted by Gasteiger charge is 2.05. The van der Waals surface area contributed by atoms with E-state index in [4.69, 9.17) is 11.6 Å². The number of hydrogen-bond donors (Lipinski definition) is 1. The first-order valence-electron chi connectivity index (χ1n) is 8.30. The van der Waals surface area contributed by atoms with Crippen LogP contribution in [0.4, 0.5) is 0 Å². The molecule has 4 nitrogen and oxygen atoms in total. The van der Waals surface area contributed by atoms with Crippen molar-refractivity contribution in [2.75, 3.05) is 5.75 Å². The van der Waals surface area contributed by atoms with E-state index < -0.39 is 0 Å². The van der Waals surface area contributed by atoms with Crippen LogP contribution in [0.25, 0.3) is 5.69 Å². The second-order valence-corrected chi connectivity index (χ2v) is 7.26. The van der Waals surface area contributed by atoms with Crippen LogP contribution in [0.5, 0.6) is 0 Å². The average Bonchev–Trinajstić information content (AvgIpc) is 3.08. The molecule has 3 aromatic rings. The number of aromatic nitrogens is 2. The van der Waals surface area contributed by atoms with E-state index in [2.05, 4.69) is 10.3 Å². The molecule has 0 aliphatic carbocycles. The molecule has 2 aromatic carbocycles. The van der Waals surface area contributed by atoms with Crippen LogP contribution in [-0.2, 0) is 17.1 Å². The maximum Gasteiger partial charge on any atom is 0.230 e. The second-order valence-electron chi connectivity index (χ2n) is 5.87. The van der Waals surface area contributed by atoms with Gasteiger partial charge in [0.1, 0.15) is 5.82 Å². The van der Waals surface area contributed by atoms with Crippen molar-refractivity contribution in [3.8, 4) is 5.69 Å². The van der Waals surface area contributed by atoms with Crippen molar-refractivity contribution in [2.45, 2.75) is 19.2 Å². The molecular formula is C20H20ClN3OS. The molecule has 0 atom stereocenters. The molecule has 0 spiro atoms. The van der Waals surface area contributed by atoms with Crippen LogP contribution < -0.4 is 5.32 Å². The molecule has 0 fully saturated rings. The van der Waals surface area contributed by atoms with Crippen molar-refractivity contribution in [1.82, 2.24) is 14.9 Å². The number of aryl methyl sites for hydroxylation is 1. The van der Waals surface area contributed by atoms with Crippen molar-refractivity contribution in [3.63, 3.8) is 0 Å². The zero-order valence-electron chi connectivity index (χ0n) is 14.5. The van der Waals surface area contributed by atoms with Gasteiger partial charge in [-0.3, -0.25) is 4.79 Å². The first-order valence-corrected chi connectivity index (χ1v) is 9.84. The topological polar surface area (TPSA) is 46.9 Å². The monoisotopic (exact) mass is 385 g/mol. The Hall–Kier alpha value is -2.24. The lowest BCUT2D eigenvalue weighted by molar-refractivity contribution is -0.118. The number of hydrogen-bond acceptors (Lipinski definition) is 3. The van der Waals surface area contributed by atoms with E-state index in [1.54, 1.807) is 18.0 Å². The SMILES string of the molecule is Cc1nccn1-c1ccc(CNC(=O)CSCc2ccccc2Cl)cc1. The van der Waals surface area contributed by atoms with Gasteiger partial charge >= 0.3 is 0 Å². The molecule has 0 unspecified atom stereocenters. The second kappa shape index (κ2) is 8.92. The van der Waals surface area contributed by atoms with E-state index in [9.17, 15) is 4.79 Å². The molecule has 134 valence electrons. The van der Waals surface area contributed by atoms with Gasteiger partial charge in [0.15, 0.2) is 0 Å². The van der Waals surface area contributed by atoms with E-state index in [-0.39, 0.29) is 5.91 Å². The molecule has 3 rings (SSSR count). The van der Waals surface area contributed by atoms with Gasteiger partial charge in [0.2, 0.25) is 5.91 Å². The largest absolute Gasteiger partial charge is 0.351 e. The molecule has 0 radical (unpaired) electrons. The number of halogens is 1. The molecule has 1 amide bonds. The number of nitrogens with one attached hydrogen (secondary N) is 1. The van der Waals surface area contributed by atoms with Crippen LogP contribution >= 0.6 is 23.4 Å². The Kier molecular flexibility index (Phi) is 6.36. The zero-order chi connectivity index (χ0) is 18.4. The summed E-state index contributed by atoms with van der Waals surface area (Å²) in [6.07, 6.45) is 3.71. The quantitative estimate of drug-likeness (QED) is 0.656. The predicted octanol–water partition coefficient (Wildman–Crippen LogP) is 4.38.